The van der Waals surface area contributed by atoms with E-state index in [1.54, 1.807) is 6.08 Å². The Morgan fingerprint density at radius 3 is 2.57 bits per heavy atom. The molecular formula is C21H16FN3O3S2. The maximum absolute atomic E-state index is 13.0. The number of halogens is 1. The second-order valence-corrected chi connectivity index (χ2v) is 8.28. The topological polar surface area (TPSA) is 71.4 Å². The van der Waals surface area contributed by atoms with Gasteiger partial charge in [-0.25, -0.2) is 4.39 Å². The summed E-state index contributed by atoms with van der Waals surface area (Å²) < 4.78 is 14.9. The summed E-state index contributed by atoms with van der Waals surface area (Å²) in [6.07, 6.45) is 5.26. The van der Waals surface area contributed by atoms with Gasteiger partial charge >= 0.3 is 0 Å². The lowest BCUT2D eigenvalue weighted by Crippen LogP contribution is -2.37. The van der Waals surface area contributed by atoms with E-state index in [4.69, 9.17) is 0 Å². The summed E-state index contributed by atoms with van der Waals surface area (Å²) in [5.74, 6) is -1.06. The third kappa shape index (κ3) is 4.22. The van der Waals surface area contributed by atoms with E-state index in [9.17, 15) is 18.8 Å². The first-order valence-electron chi connectivity index (χ1n) is 9.03. The molecule has 9 heteroatoms. The van der Waals surface area contributed by atoms with E-state index in [1.165, 1.54) is 35.6 Å². The fraction of sp³-hybridized carbons (Fsp3) is 0.0952. The van der Waals surface area contributed by atoms with Gasteiger partial charge in [0, 0.05) is 25.5 Å². The smallest absolute Gasteiger partial charge is 0.293 e. The number of thioether (sulfide) groups is 1. The number of nitrogens with zero attached hydrogens (tertiary/aromatic N) is 2. The van der Waals surface area contributed by atoms with Gasteiger partial charge in [0.2, 0.25) is 0 Å². The van der Waals surface area contributed by atoms with Crippen LogP contribution in [0.25, 0.3) is 11.8 Å². The minimum atomic E-state index is -0.423. The second kappa shape index (κ2) is 8.68. The van der Waals surface area contributed by atoms with Gasteiger partial charge in [-0.3, -0.25) is 19.3 Å². The van der Waals surface area contributed by atoms with Crippen LogP contribution in [0.1, 0.15) is 15.2 Å². The Kier molecular flexibility index (Phi) is 5.82. The predicted molar refractivity (Wildman–Crippen MR) is 115 cm³/mol. The van der Waals surface area contributed by atoms with Crippen molar-refractivity contribution in [2.75, 3.05) is 13.1 Å². The molecule has 0 spiro atoms. The van der Waals surface area contributed by atoms with Crippen molar-refractivity contribution in [3.05, 3.63) is 81.4 Å². The molecular weight excluding hydrogens is 425 g/mol. The zero-order valence-corrected chi connectivity index (χ0v) is 17.2. The number of imide groups is 1. The Bertz CT molecular complexity index is 1120. The molecule has 0 aliphatic carbocycles. The molecule has 0 atom stereocenters. The lowest BCUT2D eigenvalue weighted by Gasteiger charge is -2.13. The monoisotopic (exact) mass is 441 g/mol. The third-order valence-corrected chi connectivity index (χ3v) is 6.21. The Morgan fingerprint density at radius 2 is 1.83 bits per heavy atom. The highest BCUT2D eigenvalue weighted by Gasteiger charge is 2.34. The number of carbonyl (C=O) groups is 3. The van der Waals surface area contributed by atoms with Crippen LogP contribution in [0.4, 0.5) is 9.18 Å². The molecule has 3 heterocycles. The number of benzene rings is 1. The van der Waals surface area contributed by atoms with Gasteiger partial charge in [-0.2, -0.15) is 0 Å². The normalized spacial score (nSPS) is 15.2. The van der Waals surface area contributed by atoms with E-state index in [2.05, 4.69) is 5.32 Å². The molecule has 3 amide bonds. The van der Waals surface area contributed by atoms with Crippen molar-refractivity contribution < 1.29 is 18.8 Å². The Labute approximate surface area is 180 Å². The summed E-state index contributed by atoms with van der Waals surface area (Å²) in [5.41, 5.74) is 1.40. The van der Waals surface area contributed by atoms with Crippen LogP contribution in [0, 0.1) is 5.82 Å². The fourth-order valence-corrected chi connectivity index (χ4v) is 4.61. The molecule has 3 aromatic rings. The zero-order valence-electron chi connectivity index (χ0n) is 15.6. The molecule has 1 aliphatic rings. The Hall–Kier alpha value is -3.17. The minimum Gasteiger partial charge on any atom is -0.349 e. The van der Waals surface area contributed by atoms with Gasteiger partial charge in [0.25, 0.3) is 17.1 Å². The first kappa shape index (κ1) is 20.1. The van der Waals surface area contributed by atoms with E-state index in [0.717, 1.165) is 22.3 Å². The van der Waals surface area contributed by atoms with Crippen molar-refractivity contribution in [1.29, 1.82) is 0 Å². The highest BCUT2D eigenvalue weighted by atomic mass is 32.2. The quantitative estimate of drug-likeness (QED) is 0.584. The number of hydrogen-bond donors (Lipinski definition) is 1. The number of rotatable bonds is 6. The number of hydrogen-bond acceptors (Lipinski definition) is 5. The molecule has 4 rings (SSSR count). The molecule has 0 saturated carbocycles. The standard InChI is InChI=1S/C21H16FN3O3S2/c22-15-5-3-14(4-6-15)13-17-20(27)25(21(28)30-17)11-8-23-19(26)18-16(7-12-29-18)24-9-1-2-10-24/h1-7,9-10,12-13H,8,11H2,(H,23,26). The largest absolute Gasteiger partial charge is 0.349 e. The summed E-state index contributed by atoms with van der Waals surface area (Å²) >= 11 is 2.15. The van der Waals surface area contributed by atoms with Crippen molar-refractivity contribution in [2.24, 2.45) is 0 Å². The van der Waals surface area contributed by atoms with Gasteiger partial charge in [0.15, 0.2) is 0 Å². The second-order valence-electron chi connectivity index (χ2n) is 6.37. The Balaban J connectivity index is 1.37. The number of carbonyl (C=O) groups excluding carboxylic acids is 3. The van der Waals surface area contributed by atoms with Gasteiger partial charge in [-0.1, -0.05) is 12.1 Å². The summed E-state index contributed by atoms with van der Waals surface area (Å²) in [7, 11) is 0. The van der Waals surface area contributed by atoms with E-state index >= 15 is 0 Å². The van der Waals surface area contributed by atoms with Crippen molar-refractivity contribution in [2.45, 2.75) is 0 Å². The van der Waals surface area contributed by atoms with Crippen LogP contribution in [-0.4, -0.2) is 39.6 Å². The zero-order chi connectivity index (χ0) is 21.1. The van der Waals surface area contributed by atoms with E-state index in [1.807, 2.05) is 40.5 Å². The Morgan fingerprint density at radius 1 is 1.10 bits per heavy atom. The van der Waals surface area contributed by atoms with Crippen LogP contribution < -0.4 is 5.32 Å². The molecule has 1 aromatic carbocycles. The van der Waals surface area contributed by atoms with Crippen molar-refractivity contribution in [1.82, 2.24) is 14.8 Å². The minimum absolute atomic E-state index is 0.0708. The maximum atomic E-state index is 13.0. The summed E-state index contributed by atoms with van der Waals surface area (Å²) in [6.45, 7) is 0.213. The van der Waals surface area contributed by atoms with Crippen LogP contribution in [0.2, 0.25) is 0 Å². The average molecular weight is 442 g/mol. The molecule has 0 unspecified atom stereocenters. The molecule has 1 fully saturated rings. The van der Waals surface area contributed by atoms with Gasteiger partial charge < -0.3 is 9.88 Å². The predicted octanol–water partition coefficient (Wildman–Crippen LogP) is 4.14. The van der Waals surface area contributed by atoms with Gasteiger partial charge in [0.1, 0.15) is 10.7 Å². The summed E-state index contributed by atoms with van der Waals surface area (Å²) in [4.78, 5) is 39.2. The molecule has 6 nitrogen and oxygen atoms in total. The number of nitrogens with one attached hydrogen (secondary N) is 1. The number of amides is 3. The fourth-order valence-electron chi connectivity index (χ4n) is 2.94. The van der Waals surface area contributed by atoms with Crippen LogP contribution in [0.5, 0.6) is 0 Å². The van der Waals surface area contributed by atoms with Crippen molar-refractivity contribution in [3.8, 4) is 5.69 Å². The highest BCUT2D eigenvalue weighted by molar-refractivity contribution is 8.18. The van der Waals surface area contributed by atoms with Crippen LogP contribution in [0.3, 0.4) is 0 Å². The molecule has 0 bridgehead atoms. The van der Waals surface area contributed by atoms with Gasteiger partial charge in [-0.15, -0.1) is 11.3 Å². The number of aromatic nitrogens is 1. The first-order valence-corrected chi connectivity index (χ1v) is 10.7. The van der Waals surface area contributed by atoms with Gasteiger partial charge in [0.05, 0.1) is 10.6 Å². The molecule has 2 aromatic heterocycles. The first-order chi connectivity index (χ1) is 14.5. The lowest BCUT2D eigenvalue weighted by molar-refractivity contribution is -0.122. The van der Waals surface area contributed by atoms with Crippen molar-refractivity contribution in [3.63, 3.8) is 0 Å². The molecule has 152 valence electrons. The molecule has 1 N–H and O–H groups in total. The van der Waals surface area contributed by atoms with Crippen LogP contribution >= 0.6 is 23.1 Å². The SMILES string of the molecule is O=C(NCCN1C(=O)SC(=Cc2ccc(F)cc2)C1=O)c1sccc1-n1cccc1. The maximum Gasteiger partial charge on any atom is 0.293 e. The molecule has 0 radical (unpaired) electrons. The van der Waals surface area contributed by atoms with E-state index in [-0.39, 0.29) is 29.7 Å². The molecule has 1 aliphatic heterocycles. The van der Waals surface area contributed by atoms with E-state index in [0.29, 0.717) is 10.4 Å². The lowest BCUT2D eigenvalue weighted by atomic mass is 10.2. The highest BCUT2D eigenvalue weighted by Crippen LogP contribution is 2.32. The van der Waals surface area contributed by atoms with Crippen molar-refractivity contribution >= 4 is 46.2 Å². The summed E-state index contributed by atoms with van der Waals surface area (Å²) in [5, 5.41) is 4.21. The average Bonchev–Trinajstić information content (AvgIpc) is 3.46. The van der Waals surface area contributed by atoms with Crippen LogP contribution in [-0.2, 0) is 4.79 Å². The van der Waals surface area contributed by atoms with Crippen LogP contribution in [0.15, 0.2) is 65.1 Å². The summed E-state index contributed by atoms with van der Waals surface area (Å²) in [6, 6.07) is 11.3. The third-order valence-electron chi connectivity index (χ3n) is 4.40. The molecule has 30 heavy (non-hydrogen) atoms. The number of thiophene rings is 1. The molecule has 1 saturated heterocycles. The van der Waals surface area contributed by atoms with Gasteiger partial charge in [-0.05, 0) is 59.1 Å². The van der Waals surface area contributed by atoms with E-state index < -0.39 is 11.1 Å².